The van der Waals surface area contributed by atoms with Gasteiger partial charge in [-0.2, -0.15) is 0 Å². The molecular formula is C46H70AgF5I3S3. The van der Waals surface area contributed by atoms with Crippen LogP contribution in [0.15, 0.2) is 51.1 Å². The molecule has 3 aromatic rings. The Balaban J connectivity index is 0.00000105. The van der Waals surface area contributed by atoms with Gasteiger partial charge in [0.05, 0.1) is 4.90 Å². The summed E-state index contributed by atoms with van der Waals surface area (Å²) >= 11 is -0.177. The summed E-state index contributed by atoms with van der Waals surface area (Å²) in [5.74, 6) is 3.21. The fraction of sp³-hybridized carbons (Fsp3) is 0.609. The second kappa shape index (κ2) is 28.3. The predicted octanol–water partition coefficient (Wildman–Crippen LogP) is 21.5. The SMILES string of the molecule is CC(C)c1cc(C(C)C)c(S(F)(F)F)c(C(C)C)c1.CC(C)c1cc(C(C)C)c(SSc2c(C(C)C)cc(C(C)C)cc2C(C)C)c(C(C)C)c1.IC(I)I.[F][Ag][F]. The number of hydrogen-bond donors (Lipinski definition) is 0. The van der Waals surface area contributed by atoms with Gasteiger partial charge in [-0.05, 0) is 103 Å². The summed E-state index contributed by atoms with van der Waals surface area (Å²) in [5, 5.41) is 0. The molecule has 0 saturated carbocycles. The van der Waals surface area contributed by atoms with Crippen molar-refractivity contribution in [2.24, 2.45) is 0 Å². The van der Waals surface area contributed by atoms with Crippen LogP contribution < -0.4 is 0 Å². The van der Waals surface area contributed by atoms with E-state index < -0.39 is 32.0 Å². The fourth-order valence-corrected chi connectivity index (χ4v) is 10.7. The second-order valence-corrected chi connectivity index (χ2v) is 31.8. The Morgan fingerprint density at radius 2 is 0.569 bits per heavy atom. The topological polar surface area (TPSA) is 0 Å². The Morgan fingerprint density at radius 1 is 0.397 bits per heavy atom. The third kappa shape index (κ3) is 19.6. The second-order valence-electron chi connectivity index (χ2n) is 17.3. The molecule has 0 atom stereocenters. The normalized spacial score (nSPS) is 12.3. The molecule has 0 aliphatic carbocycles. The molecule has 3 rings (SSSR count). The van der Waals surface area contributed by atoms with E-state index >= 15 is 0 Å². The monoisotopic (exact) mass is 1300 g/mol. The van der Waals surface area contributed by atoms with Gasteiger partial charge < -0.3 is 0 Å². The van der Waals surface area contributed by atoms with Crippen molar-refractivity contribution in [2.75, 3.05) is 0 Å². The van der Waals surface area contributed by atoms with Gasteiger partial charge in [-0.25, -0.2) is 0 Å². The van der Waals surface area contributed by atoms with Crippen LogP contribution in [-0.4, -0.2) is -0.0619 Å². The van der Waals surface area contributed by atoms with Gasteiger partial charge in [0.15, 0.2) is 0 Å². The van der Waals surface area contributed by atoms with E-state index in [-0.39, 0.29) is 22.6 Å². The van der Waals surface area contributed by atoms with Gasteiger partial charge >= 0.3 is 26.9 Å². The molecule has 0 spiro atoms. The molecule has 58 heavy (non-hydrogen) atoms. The van der Waals surface area contributed by atoms with E-state index in [2.05, 4.69) is 175 Å². The molecule has 12 heteroatoms. The summed E-state index contributed by atoms with van der Waals surface area (Å²) < 4.78 is 60.4. The first-order valence-corrected chi connectivity index (χ1v) is 28.4. The molecule has 0 N–H and O–H groups in total. The van der Waals surface area contributed by atoms with Crippen molar-refractivity contribution in [1.82, 2.24) is 0 Å². The molecule has 0 bridgehead atoms. The Morgan fingerprint density at radius 3 is 0.707 bits per heavy atom. The summed E-state index contributed by atoms with van der Waals surface area (Å²) in [5.41, 5.74) is 10.9. The molecule has 0 unspecified atom stereocenters. The van der Waals surface area contributed by atoms with Gasteiger partial charge in [0.2, 0.25) is 11.2 Å². The molecule has 0 aromatic heterocycles. The molecule has 0 fully saturated rings. The zero-order valence-corrected chi connectivity index (χ0v) is 48.2. The van der Waals surface area contributed by atoms with Crippen molar-refractivity contribution in [3.63, 3.8) is 0 Å². The van der Waals surface area contributed by atoms with E-state index in [1.165, 1.54) is 43.2 Å². The van der Waals surface area contributed by atoms with Crippen molar-refractivity contribution in [3.8, 4) is 0 Å². The molecule has 0 heterocycles. The van der Waals surface area contributed by atoms with Crippen molar-refractivity contribution in [3.05, 3.63) is 86.5 Å². The van der Waals surface area contributed by atoms with Crippen LogP contribution in [0.25, 0.3) is 0 Å². The average Bonchev–Trinajstić information content (AvgIpc) is 3.08. The van der Waals surface area contributed by atoms with Crippen molar-refractivity contribution >= 4 is 101 Å². The van der Waals surface area contributed by atoms with E-state index in [1.807, 2.05) is 63.1 Å². The Labute approximate surface area is 413 Å². The molecule has 0 radical (unpaired) electrons. The van der Waals surface area contributed by atoms with Gasteiger partial charge in [-0.3, -0.25) is 0 Å². The van der Waals surface area contributed by atoms with E-state index in [0.717, 1.165) is 5.50 Å². The standard InChI is InChI=1S/C30H46S2.C15H23F3S.CHI3.Ag.2FH/c1-17(2)23-13-25(19(5)6)29(26(14-23)20(7)8)31-32-30-27(21(9)10)15-24(18(3)4)16-28(30)22(11)12;1-9(2)12-7-13(10(3)4)15(19(16,17)18)14(8-12)11(5)6;2-1(3)4;;;/h13-22H,1-12H3;7-11H,1-6H3;1H;;2*1H/q;;;+2;;/p-2. The molecule has 339 valence electrons. The predicted molar refractivity (Wildman–Crippen MR) is 275 cm³/mol. The number of halogens is 8. The fourth-order valence-electron chi connectivity index (χ4n) is 6.21. The van der Waals surface area contributed by atoms with Crippen LogP contribution in [0, 0.1) is 0 Å². The number of benzene rings is 3. The van der Waals surface area contributed by atoms with Crippen molar-refractivity contribution in [1.29, 1.82) is 0 Å². The summed E-state index contributed by atoms with van der Waals surface area (Å²) in [4.78, 5) is 2.63. The summed E-state index contributed by atoms with van der Waals surface area (Å²) in [7, 11) is 4.00. The van der Waals surface area contributed by atoms with E-state index in [1.54, 1.807) is 12.1 Å². The molecule has 3 aromatic carbocycles. The number of hydrogen-bond acceptors (Lipinski definition) is 2. The Kier molecular flexibility index (Phi) is 28.9. The van der Waals surface area contributed by atoms with E-state index in [4.69, 9.17) is 0 Å². The number of alkyl halides is 3. The summed E-state index contributed by atoms with van der Waals surface area (Å²) in [6.07, 6.45) is 0. The minimum atomic E-state index is -5.20. The molecular weight excluding hydrogens is 1230 g/mol. The van der Waals surface area contributed by atoms with Gasteiger partial charge in [0.25, 0.3) is 0 Å². The van der Waals surface area contributed by atoms with Crippen LogP contribution in [-0.2, 0) is 20.8 Å². The third-order valence-corrected chi connectivity index (χ3v) is 13.2. The van der Waals surface area contributed by atoms with E-state index in [0.29, 0.717) is 46.6 Å². The van der Waals surface area contributed by atoms with Crippen LogP contribution in [0.1, 0.15) is 228 Å². The van der Waals surface area contributed by atoms with E-state index in [9.17, 15) is 17.7 Å². The Bertz CT molecular complexity index is 1510. The van der Waals surface area contributed by atoms with Gasteiger partial charge in [0.1, 0.15) is -0.0619 Å². The number of rotatable bonds is 13. The van der Waals surface area contributed by atoms with Crippen molar-refractivity contribution < 1.29 is 38.6 Å². The maximum atomic E-state index is 13.4. The molecule has 0 aliphatic heterocycles. The van der Waals surface area contributed by atoms with Crippen LogP contribution in [0.2, 0.25) is 0 Å². The molecule has 0 aliphatic rings. The van der Waals surface area contributed by atoms with Crippen LogP contribution >= 0.6 is 101 Å². The van der Waals surface area contributed by atoms with Gasteiger partial charge in [-0.15, -0.1) is 11.7 Å². The van der Waals surface area contributed by atoms with Crippen LogP contribution in [0.4, 0.5) is 17.7 Å². The summed E-state index contributed by atoms with van der Waals surface area (Å²) in [6, 6.07) is 13.4. The maximum absolute atomic E-state index is 13.4. The van der Waals surface area contributed by atoms with Crippen LogP contribution in [0.3, 0.4) is 0 Å². The first-order chi connectivity index (χ1) is 26.5. The molecule has 0 amide bonds. The zero-order chi connectivity index (χ0) is 45.6. The Hall–Kier alpha value is 1.29. The molecule has 0 saturated heterocycles. The quantitative estimate of drug-likeness (QED) is 0.0550. The van der Waals surface area contributed by atoms with Gasteiger partial charge in [0, 0.05) is 9.79 Å². The minimum absolute atomic E-state index is 0.111. The first kappa shape index (κ1) is 59.3. The average molecular weight is 1300 g/mol. The van der Waals surface area contributed by atoms with Gasteiger partial charge in [-0.1, -0.05) is 250 Å². The zero-order valence-electron chi connectivity index (χ0n) is 37.8. The van der Waals surface area contributed by atoms with Crippen molar-refractivity contribution in [2.45, 2.75) is 193 Å². The molecule has 0 nitrogen and oxygen atoms in total. The van der Waals surface area contributed by atoms with Crippen LogP contribution in [0.5, 0.6) is 0 Å². The first-order valence-electron chi connectivity index (χ1n) is 20.1. The summed E-state index contributed by atoms with van der Waals surface area (Å²) in [6.45, 7) is 39.3. The third-order valence-electron chi connectivity index (χ3n) is 9.68.